The van der Waals surface area contributed by atoms with Gasteiger partial charge in [-0.25, -0.2) is 9.37 Å². The van der Waals surface area contributed by atoms with Crippen LogP contribution in [0.25, 0.3) is 22.2 Å². The summed E-state index contributed by atoms with van der Waals surface area (Å²) in [6, 6.07) is 20.3. The Morgan fingerprint density at radius 2 is 1.78 bits per heavy atom. The molecule has 4 aromatic rings. The lowest BCUT2D eigenvalue weighted by atomic mass is 10.0. The molecule has 5 rings (SSSR count). The minimum atomic E-state index is -0.316. The van der Waals surface area contributed by atoms with Gasteiger partial charge in [-0.3, -0.25) is 4.79 Å². The number of nitrogens with zero attached hydrogens (tertiary/aromatic N) is 3. The van der Waals surface area contributed by atoms with Crippen LogP contribution in [0, 0.1) is 5.82 Å². The predicted molar refractivity (Wildman–Crippen MR) is 103 cm³/mol. The van der Waals surface area contributed by atoms with E-state index in [4.69, 9.17) is 0 Å². The number of rotatable bonds is 2. The molecule has 0 spiro atoms. The van der Waals surface area contributed by atoms with Crippen molar-refractivity contribution in [3.05, 3.63) is 78.1 Å². The molecule has 6 heteroatoms. The van der Waals surface area contributed by atoms with Gasteiger partial charge in [0.1, 0.15) is 5.82 Å². The van der Waals surface area contributed by atoms with E-state index >= 15 is 0 Å². The first-order chi connectivity index (χ1) is 13.2. The van der Waals surface area contributed by atoms with E-state index in [1.165, 1.54) is 16.8 Å². The van der Waals surface area contributed by atoms with Gasteiger partial charge in [0.25, 0.3) is 5.91 Å². The minimum absolute atomic E-state index is 0.0126. The maximum Gasteiger partial charge on any atom is 0.250 e. The SMILES string of the molecule is O=C1CC(c2cccc3ccccc23)Sc2nc(-c3ccc(F)cc3)nn21. The molecule has 0 saturated heterocycles. The molecule has 1 atom stereocenters. The van der Waals surface area contributed by atoms with Crippen LogP contribution in [0.2, 0.25) is 0 Å². The van der Waals surface area contributed by atoms with Crippen molar-refractivity contribution in [3.63, 3.8) is 0 Å². The summed E-state index contributed by atoms with van der Waals surface area (Å²) in [6.07, 6.45) is 0.359. The molecule has 27 heavy (non-hydrogen) atoms. The smallest absolute Gasteiger partial charge is 0.250 e. The van der Waals surface area contributed by atoms with Crippen LogP contribution in [0.3, 0.4) is 0 Å². The molecule has 0 amide bonds. The number of thioether (sulfide) groups is 1. The van der Waals surface area contributed by atoms with Crippen LogP contribution in [-0.2, 0) is 0 Å². The fourth-order valence-corrected chi connectivity index (χ4v) is 4.57. The molecule has 1 aromatic heterocycles. The number of halogens is 1. The molecule has 0 radical (unpaired) electrons. The van der Waals surface area contributed by atoms with Gasteiger partial charge in [0, 0.05) is 17.2 Å². The highest BCUT2D eigenvalue weighted by Crippen LogP contribution is 2.43. The lowest BCUT2D eigenvalue weighted by Crippen LogP contribution is -2.21. The van der Waals surface area contributed by atoms with Crippen LogP contribution < -0.4 is 0 Å². The van der Waals surface area contributed by atoms with E-state index < -0.39 is 0 Å². The predicted octanol–water partition coefficient (Wildman–Crippen LogP) is 5.11. The zero-order chi connectivity index (χ0) is 18.4. The quantitative estimate of drug-likeness (QED) is 0.488. The van der Waals surface area contributed by atoms with Gasteiger partial charge >= 0.3 is 0 Å². The third kappa shape index (κ3) is 2.82. The van der Waals surface area contributed by atoms with Crippen LogP contribution >= 0.6 is 11.8 Å². The Bertz CT molecular complexity index is 1160. The second kappa shape index (κ2) is 6.32. The number of aromatic nitrogens is 3. The summed E-state index contributed by atoms with van der Waals surface area (Å²) < 4.78 is 14.5. The van der Waals surface area contributed by atoms with E-state index in [0.717, 1.165) is 16.3 Å². The van der Waals surface area contributed by atoms with Crippen LogP contribution in [-0.4, -0.2) is 20.7 Å². The lowest BCUT2D eigenvalue weighted by Gasteiger charge is -2.21. The normalized spacial score (nSPS) is 16.5. The van der Waals surface area contributed by atoms with Crippen molar-refractivity contribution in [2.45, 2.75) is 16.8 Å². The van der Waals surface area contributed by atoms with Crippen LogP contribution in [0.4, 0.5) is 4.39 Å². The molecule has 1 aliphatic heterocycles. The molecule has 1 aliphatic rings. The second-order valence-electron chi connectivity index (χ2n) is 6.41. The standard InChI is InChI=1S/C21H14FN3OS/c22-15-10-8-14(9-11-15)20-23-21-25(24-20)19(26)12-18(27-21)17-7-3-5-13-4-1-2-6-16(13)17/h1-11,18H,12H2. The number of fused-ring (bicyclic) bond motifs is 2. The highest BCUT2D eigenvalue weighted by atomic mass is 32.2. The van der Waals surface area contributed by atoms with Crippen molar-refractivity contribution >= 4 is 28.4 Å². The van der Waals surface area contributed by atoms with Crippen LogP contribution in [0.5, 0.6) is 0 Å². The summed E-state index contributed by atoms with van der Waals surface area (Å²) in [5, 5.41) is 7.20. The van der Waals surface area contributed by atoms with Crippen molar-refractivity contribution in [2.24, 2.45) is 0 Å². The third-order valence-corrected chi connectivity index (χ3v) is 5.87. The highest BCUT2D eigenvalue weighted by Gasteiger charge is 2.30. The van der Waals surface area contributed by atoms with Crippen LogP contribution in [0.15, 0.2) is 71.9 Å². The van der Waals surface area contributed by atoms with E-state index in [-0.39, 0.29) is 17.0 Å². The zero-order valence-corrected chi connectivity index (χ0v) is 15.0. The summed E-state index contributed by atoms with van der Waals surface area (Å²) in [7, 11) is 0. The first kappa shape index (κ1) is 16.2. The summed E-state index contributed by atoms with van der Waals surface area (Å²) in [6.45, 7) is 0. The number of hydrogen-bond donors (Lipinski definition) is 0. The van der Waals surface area contributed by atoms with Gasteiger partial charge in [-0.15, -0.1) is 5.10 Å². The largest absolute Gasteiger partial charge is 0.272 e. The second-order valence-corrected chi connectivity index (χ2v) is 7.58. The van der Waals surface area contributed by atoms with Gasteiger partial charge in [-0.05, 0) is 40.6 Å². The molecule has 0 bridgehead atoms. The highest BCUT2D eigenvalue weighted by molar-refractivity contribution is 7.99. The monoisotopic (exact) mass is 375 g/mol. The van der Waals surface area contributed by atoms with Gasteiger partial charge in [-0.1, -0.05) is 54.2 Å². The molecule has 0 saturated carbocycles. The Morgan fingerprint density at radius 1 is 1.00 bits per heavy atom. The van der Waals surface area contributed by atoms with Crippen molar-refractivity contribution in [1.82, 2.24) is 14.8 Å². The molecule has 0 fully saturated rings. The molecule has 3 aromatic carbocycles. The topological polar surface area (TPSA) is 47.8 Å². The van der Waals surface area contributed by atoms with E-state index in [2.05, 4.69) is 34.3 Å². The Labute approximate surface area is 159 Å². The fourth-order valence-electron chi connectivity index (χ4n) is 3.38. The minimum Gasteiger partial charge on any atom is -0.272 e. The maximum atomic E-state index is 13.2. The van der Waals surface area contributed by atoms with Crippen molar-refractivity contribution in [3.8, 4) is 11.4 Å². The van der Waals surface area contributed by atoms with Gasteiger partial charge in [0.2, 0.25) is 0 Å². The summed E-state index contributed by atoms with van der Waals surface area (Å²) in [5.41, 5.74) is 1.82. The van der Waals surface area contributed by atoms with E-state index in [9.17, 15) is 9.18 Å². The van der Waals surface area contributed by atoms with Gasteiger partial charge in [-0.2, -0.15) is 4.68 Å². The van der Waals surface area contributed by atoms with E-state index in [0.29, 0.717) is 23.0 Å². The first-order valence-electron chi connectivity index (χ1n) is 8.59. The molecular weight excluding hydrogens is 361 g/mol. The molecular formula is C21H14FN3OS. The fraction of sp³-hybridized carbons (Fsp3) is 0.0952. The Balaban J connectivity index is 1.54. The Morgan fingerprint density at radius 3 is 2.63 bits per heavy atom. The number of benzene rings is 3. The third-order valence-electron chi connectivity index (χ3n) is 4.69. The summed E-state index contributed by atoms with van der Waals surface area (Å²) in [5.74, 6) is 0.0381. The zero-order valence-electron chi connectivity index (χ0n) is 14.2. The average Bonchev–Trinajstić information content (AvgIpc) is 3.13. The molecule has 132 valence electrons. The first-order valence-corrected chi connectivity index (χ1v) is 9.47. The van der Waals surface area contributed by atoms with Crippen molar-refractivity contribution in [1.29, 1.82) is 0 Å². The molecule has 1 unspecified atom stereocenters. The summed E-state index contributed by atoms with van der Waals surface area (Å²) >= 11 is 1.54. The lowest BCUT2D eigenvalue weighted by molar-refractivity contribution is 0.0868. The Kier molecular flexibility index (Phi) is 3.79. The van der Waals surface area contributed by atoms with Crippen molar-refractivity contribution < 1.29 is 9.18 Å². The van der Waals surface area contributed by atoms with Gasteiger partial charge in [0.05, 0.1) is 0 Å². The molecule has 0 N–H and O–H groups in total. The van der Waals surface area contributed by atoms with Crippen LogP contribution in [0.1, 0.15) is 22.0 Å². The maximum absolute atomic E-state index is 13.2. The molecule has 0 aliphatic carbocycles. The van der Waals surface area contributed by atoms with Gasteiger partial charge in [0.15, 0.2) is 11.0 Å². The number of carbonyl (C=O) groups is 1. The Hall–Kier alpha value is -2.99. The van der Waals surface area contributed by atoms with Gasteiger partial charge < -0.3 is 0 Å². The number of carbonyl (C=O) groups excluding carboxylic acids is 1. The average molecular weight is 375 g/mol. The summed E-state index contributed by atoms with van der Waals surface area (Å²) in [4.78, 5) is 17.2. The molecule has 4 nitrogen and oxygen atoms in total. The van der Waals surface area contributed by atoms with Crippen molar-refractivity contribution in [2.75, 3.05) is 0 Å². The van der Waals surface area contributed by atoms with E-state index in [1.54, 1.807) is 23.9 Å². The number of hydrogen-bond acceptors (Lipinski definition) is 4. The molecule has 2 heterocycles. The van der Waals surface area contributed by atoms with E-state index in [1.807, 2.05) is 18.2 Å².